The molecule has 0 spiro atoms. The number of hydrogen-bond donors (Lipinski definition) is 1. The van der Waals surface area contributed by atoms with Gasteiger partial charge >= 0.3 is 5.97 Å². The summed E-state index contributed by atoms with van der Waals surface area (Å²) in [4.78, 5) is 10.6. The summed E-state index contributed by atoms with van der Waals surface area (Å²) >= 11 is 0. The van der Waals surface area contributed by atoms with Crippen molar-refractivity contribution in [1.29, 1.82) is 0 Å². The Labute approximate surface area is 136 Å². The second-order valence-corrected chi connectivity index (χ2v) is 12.9. The molecular formula is C17H34O4Si. The van der Waals surface area contributed by atoms with Gasteiger partial charge in [0.2, 0.25) is 0 Å². The highest BCUT2D eigenvalue weighted by Crippen LogP contribution is 2.40. The standard InChI is InChI=1S/C17H34O4Si/c1-17(2,3)22(5,6)21-14-11-10-13(12-15(14)20-4)8-7-9-16(18)19/h13-15H,7-12H2,1-6H3,(H,18,19)/t13-,14?,15-/m1/s1. The van der Waals surface area contributed by atoms with E-state index < -0.39 is 14.3 Å². The van der Waals surface area contributed by atoms with E-state index in [9.17, 15) is 4.79 Å². The van der Waals surface area contributed by atoms with Crippen LogP contribution in [0.3, 0.4) is 0 Å². The maximum atomic E-state index is 10.6. The molecule has 0 radical (unpaired) electrons. The third-order valence-corrected chi connectivity index (χ3v) is 9.90. The van der Waals surface area contributed by atoms with E-state index in [1.807, 2.05) is 0 Å². The summed E-state index contributed by atoms with van der Waals surface area (Å²) in [5.41, 5.74) is 0. The van der Waals surface area contributed by atoms with Gasteiger partial charge in [0.25, 0.3) is 0 Å². The first-order valence-electron chi connectivity index (χ1n) is 8.49. The van der Waals surface area contributed by atoms with Gasteiger partial charge in [-0.2, -0.15) is 0 Å². The first-order chi connectivity index (χ1) is 10.1. The van der Waals surface area contributed by atoms with Crippen molar-refractivity contribution in [2.45, 2.75) is 89.6 Å². The van der Waals surface area contributed by atoms with E-state index >= 15 is 0 Å². The van der Waals surface area contributed by atoms with Crippen molar-refractivity contribution in [2.24, 2.45) is 5.92 Å². The van der Waals surface area contributed by atoms with Crippen molar-refractivity contribution >= 4 is 14.3 Å². The van der Waals surface area contributed by atoms with E-state index in [4.69, 9.17) is 14.3 Å². The number of ether oxygens (including phenoxy) is 1. The summed E-state index contributed by atoms with van der Waals surface area (Å²) in [7, 11) is -0.000256. The zero-order chi connectivity index (χ0) is 17.0. The number of methoxy groups -OCH3 is 1. The van der Waals surface area contributed by atoms with Crippen molar-refractivity contribution in [1.82, 2.24) is 0 Å². The highest BCUT2D eigenvalue weighted by Gasteiger charge is 2.42. The Balaban J connectivity index is 2.54. The maximum Gasteiger partial charge on any atom is 0.303 e. The van der Waals surface area contributed by atoms with E-state index in [1.165, 1.54) is 0 Å². The predicted octanol–water partition coefficient (Wildman–Crippen LogP) is 4.45. The Bertz CT molecular complexity index is 362. The molecule has 0 aliphatic heterocycles. The van der Waals surface area contributed by atoms with Crippen LogP contribution in [0.2, 0.25) is 18.1 Å². The molecule has 0 heterocycles. The van der Waals surface area contributed by atoms with Gasteiger partial charge in [0.1, 0.15) is 0 Å². The highest BCUT2D eigenvalue weighted by atomic mass is 28.4. The Morgan fingerprint density at radius 3 is 2.36 bits per heavy atom. The van der Waals surface area contributed by atoms with Crippen LogP contribution in [0, 0.1) is 5.92 Å². The Kier molecular flexibility index (Phi) is 7.08. The molecule has 4 nitrogen and oxygen atoms in total. The molecule has 130 valence electrons. The maximum absolute atomic E-state index is 10.6. The molecule has 0 amide bonds. The molecule has 5 heteroatoms. The molecule has 0 aromatic heterocycles. The quantitative estimate of drug-likeness (QED) is 0.701. The van der Waals surface area contributed by atoms with E-state index in [-0.39, 0.29) is 23.7 Å². The molecule has 0 aromatic rings. The van der Waals surface area contributed by atoms with E-state index in [0.717, 1.165) is 32.1 Å². The summed E-state index contributed by atoms with van der Waals surface area (Å²) in [6, 6.07) is 0. The van der Waals surface area contributed by atoms with Crippen LogP contribution in [-0.2, 0) is 14.0 Å². The van der Waals surface area contributed by atoms with Gasteiger partial charge in [-0.25, -0.2) is 0 Å². The lowest BCUT2D eigenvalue weighted by Crippen LogP contribution is -2.49. The second kappa shape index (κ2) is 7.93. The minimum absolute atomic E-state index is 0.151. The predicted molar refractivity (Wildman–Crippen MR) is 91.7 cm³/mol. The summed E-state index contributed by atoms with van der Waals surface area (Å²) in [6.07, 6.45) is 5.53. The molecule has 1 aliphatic rings. The fraction of sp³-hybridized carbons (Fsp3) is 0.941. The van der Waals surface area contributed by atoms with E-state index in [1.54, 1.807) is 7.11 Å². The van der Waals surface area contributed by atoms with Crippen LogP contribution in [0.25, 0.3) is 0 Å². The first-order valence-corrected chi connectivity index (χ1v) is 11.4. The van der Waals surface area contributed by atoms with Gasteiger partial charge in [0.15, 0.2) is 8.32 Å². The van der Waals surface area contributed by atoms with Gasteiger partial charge in [-0.15, -0.1) is 0 Å². The molecule has 3 atom stereocenters. The monoisotopic (exact) mass is 330 g/mol. The van der Waals surface area contributed by atoms with Crippen LogP contribution in [0.1, 0.15) is 59.3 Å². The summed E-state index contributed by atoms with van der Waals surface area (Å²) in [5.74, 6) is -0.123. The molecule has 0 saturated heterocycles. The molecular weight excluding hydrogens is 296 g/mol. The first kappa shape index (κ1) is 19.7. The average molecular weight is 331 g/mol. The Morgan fingerprint density at radius 2 is 1.86 bits per heavy atom. The van der Waals surface area contributed by atoms with Gasteiger partial charge in [-0.1, -0.05) is 20.8 Å². The molecule has 1 rings (SSSR count). The number of carbonyl (C=O) groups is 1. The minimum atomic E-state index is -1.77. The molecule has 1 unspecified atom stereocenters. The molecule has 1 saturated carbocycles. The summed E-state index contributed by atoms with van der Waals surface area (Å²) in [5, 5.41) is 8.96. The largest absolute Gasteiger partial charge is 0.481 e. The number of carboxylic acid groups (broad SMARTS) is 1. The Morgan fingerprint density at radius 1 is 1.23 bits per heavy atom. The van der Waals surface area contributed by atoms with Gasteiger partial charge in [0, 0.05) is 13.5 Å². The smallest absolute Gasteiger partial charge is 0.303 e. The molecule has 1 aliphatic carbocycles. The van der Waals surface area contributed by atoms with E-state index in [2.05, 4.69) is 33.9 Å². The fourth-order valence-corrected chi connectivity index (χ4v) is 4.31. The van der Waals surface area contributed by atoms with Crippen molar-refractivity contribution < 1.29 is 19.1 Å². The van der Waals surface area contributed by atoms with Crippen molar-refractivity contribution in [3.63, 3.8) is 0 Å². The van der Waals surface area contributed by atoms with Crippen LogP contribution in [0.5, 0.6) is 0 Å². The lowest BCUT2D eigenvalue weighted by Gasteiger charge is -2.44. The average Bonchev–Trinajstić information content (AvgIpc) is 2.38. The van der Waals surface area contributed by atoms with Crippen molar-refractivity contribution in [3.8, 4) is 0 Å². The normalized spacial score (nSPS) is 26.9. The number of rotatable bonds is 7. The molecule has 0 bridgehead atoms. The molecule has 0 aromatic carbocycles. The zero-order valence-corrected chi connectivity index (χ0v) is 16.1. The van der Waals surface area contributed by atoms with E-state index in [0.29, 0.717) is 5.92 Å². The number of hydrogen-bond acceptors (Lipinski definition) is 3. The molecule has 22 heavy (non-hydrogen) atoms. The number of aliphatic carboxylic acids is 1. The SMILES string of the molecule is CO[C@@H]1C[C@H](CCCC(=O)O)CCC1O[Si](C)(C)C(C)(C)C. The van der Waals surface area contributed by atoms with Crippen molar-refractivity contribution in [3.05, 3.63) is 0 Å². The zero-order valence-electron chi connectivity index (χ0n) is 15.1. The Hall–Kier alpha value is -0.393. The highest BCUT2D eigenvalue weighted by molar-refractivity contribution is 6.74. The topological polar surface area (TPSA) is 55.8 Å². The lowest BCUT2D eigenvalue weighted by atomic mass is 9.82. The van der Waals surface area contributed by atoms with Crippen LogP contribution >= 0.6 is 0 Å². The number of carboxylic acids is 1. The minimum Gasteiger partial charge on any atom is -0.481 e. The lowest BCUT2D eigenvalue weighted by molar-refractivity contribution is -0.137. The van der Waals surface area contributed by atoms with Crippen LogP contribution in [0.15, 0.2) is 0 Å². The van der Waals surface area contributed by atoms with Crippen LogP contribution in [-0.4, -0.2) is 38.7 Å². The summed E-state index contributed by atoms with van der Waals surface area (Å²) in [6.45, 7) is 11.4. The van der Waals surface area contributed by atoms with Gasteiger partial charge in [-0.05, 0) is 56.2 Å². The fourth-order valence-electron chi connectivity index (χ4n) is 2.93. The van der Waals surface area contributed by atoms with Crippen LogP contribution in [0.4, 0.5) is 0 Å². The second-order valence-electron chi connectivity index (χ2n) is 8.16. The third kappa shape index (κ3) is 5.67. The van der Waals surface area contributed by atoms with Crippen molar-refractivity contribution in [2.75, 3.05) is 7.11 Å². The van der Waals surface area contributed by atoms with Crippen LogP contribution < -0.4 is 0 Å². The summed E-state index contributed by atoms with van der Waals surface area (Å²) < 4.78 is 12.3. The molecule has 1 N–H and O–H groups in total. The van der Waals surface area contributed by atoms with Gasteiger partial charge in [0.05, 0.1) is 12.2 Å². The third-order valence-electron chi connectivity index (χ3n) is 5.40. The molecule has 1 fully saturated rings. The van der Waals surface area contributed by atoms with Gasteiger partial charge in [-0.3, -0.25) is 4.79 Å². The van der Waals surface area contributed by atoms with Gasteiger partial charge < -0.3 is 14.3 Å².